The normalized spacial score (nSPS) is 20.6. The Hall–Kier alpha value is -2.22. The molecule has 3 heterocycles. The lowest BCUT2D eigenvalue weighted by Crippen LogP contribution is -2.42. The number of carbonyl (C=O) groups is 3. The fourth-order valence-electron chi connectivity index (χ4n) is 2.84. The van der Waals surface area contributed by atoms with Crippen molar-refractivity contribution >= 4 is 40.8 Å². The molecule has 8 heteroatoms. The monoisotopic (exact) mass is 364 g/mol. The Balaban J connectivity index is 1.75. The summed E-state index contributed by atoms with van der Waals surface area (Å²) in [7, 11) is 0. The molecular formula is C17H20N2O5S. The topological polar surface area (TPSA) is 80.1 Å². The summed E-state index contributed by atoms with van der Waals surface area (Å²) < 4.78 is 10.6. The van der Waals surface area contributed by atoms with Crippen molar-refractivity contribution in [2.24, 2.45) is 0 Å². The molecule has 2 amide bonds. The van der Waals surface area contributed by atoms with E-state index >= 15 is 0 Å². The lowest BCUT2D eigenvalue weighted by Gasteiger charge is -2.19. The molecule has 2 aliphatic heterocycles. The Bertz CT molecular complexity index is 720. The molecule has 25 heavy (non-hydrogen) atoms. The molecule has 0 aromatic carbocycles. The highest BCUT2D eigenvalue weighted by Gasteiger charge is 2.41. The lowest BCUT2D eigenvalue weighted by atomic mass is 10.3. The second-order valence-corrected chi connectivity index (χ2v) is 6.84. The Morgan fingerprint density at radius 2 is 2.08 bits per heavy atom. The molecule has 0 N–H and O–H groups in total. The zero-order valence-corrected chi connectivity index (χ0v) is 15.0. The van der Waals surface area contributed by atoms with Crippen LogP contribution in [0.15, 0.2) is 21.5 Å². The van der Waals surface area contributed by atoms with Crippen LogP contribution in [0.25, 0.3) is 6.08 Å². The SMILES string of the molecule is CCOC(=O)[C@H](C)N1C(=O)S/C(=C/c2ccc(N3CCCC3)o2)C1=O. The Labute approximate surface area is 150 Å². The van der Waals surface area contributed by atoms with Crippen LogP contribution in [-0.4, -0.2) is 47.8 Å². The maximum Gasteiger partial charge on any atom is 0.329 e. The van der Waals surface area contributed by atoms with Gasteiger partial charge in [0.25, 0.3) is 11.1 Å². The van der Waals surface area contributed by atoms with Gasteiger partial charge in [-0.15, -0.1) is 0 Å². The highest BCUT2D eigenvalue weighted by atomic mass is 32.2. The largest absolute Gasteiger partial charge is 0.464 e. The summed E-state index contributed by atoms with van der Waals surface area (Å²) in [6.07, 6.45) is 3.82. The third kappa shape index (κ3) is 3.58. The van der Waals surface area contributed by atoms with Crippen molar-refractivity contribution in [2.75, 3.05) is 24.6 Å². The standard InChI is InChI=1S/C17H20N2O5S/c1-3-23-16(21)11(2)19-15(20)13(25-17(19)22)10-12-6-7-14(24-12)18-8-4-5-9-18/h6-7,10-11H,3-5,8-9H2,1-2H3/b13-10+/t11-/m0/s1. The lowest BCUT2D eigenvalue weighted by molar-refractivity contribution is -0.150. The first-order chi connectivity index (χ1) is 12.0. The smallest absolute Gasteiger partial charge is 0.329 e. The summed E-state index contributed by atoms with van der Waals surface area (Å²) in [6, 6.07) is 2.69. The van der Waals surface area contributed by atoms with Gasteiger partial charge in [0, 0.05) is 25.2 Å². The number of carbonyl (C=O) groups excluding carboxylic acids is 3. The fourth-order valence-corrected chi connectivity index (χ4v) is 3.73. The quantitative estimate of drug-likeness (QED) is 0.587. The van der Waals surface area contributed by atoms with Gasteiger partial charge in [0.15, 0.2) is 5.88 Å². The number of nitrogens with zero attached hydrogens (tertiary/aromatic N) is 2. The number of amides is 2. The summed E-state index contributed by atoms with van der Waals surface area (Å²) in [6.45, 7) is 5.27. The zero-order valence-electron chi connectivity index (χ0n) is 14.2. The summed E-state index contributed by atoms with van der Waals surface area (Å²) in [5.74, 6) is 0.175. The van der Waals surface area contributed by atoms with Crippen molar-refractivity contribution in [2.45, 2.75) is 32.7 Å². The molecule has 3 rings (SSSR count). The van der Waals surface area contributed by atoms with E-state index in [0.29, 0.717) is 5.76 Å². The Kier molecular flexibility index (Phi) is 5.17. The first-order valence-corrected chi connectivity index (χ1v) is 9.11. The third-order valence-electron chi connectivity index (χ3n) is 4.14. The van der Waals surface area contributed by atoms with Gasteiger partial charge in [-0.3, -0.25) is 14.5 Å². The van der Waals surface area contributed by atoms with Crippen LogP contribution >= 0.6 is 11.8 Å². The molecule has 7 nitrogen and oxygen atoms in total. The van der Waals surface area contributed by atoms with E-state index in [1.807, 2.05) is 6.07 Å². The van der Waals surface area contributed by atoms with E-state index in [1.165, 1.54) is 6.92 Å². The van der Waals surface area contributed by atoms with Gasteiger partial charge in [0.1, 0.15) is 11.8 Å². The second kappa shape index (κ2) is 7.35. The van der Waals surface area contributed by atoms with E-state index in [1.54, 1.807) is 19.1 Å². The first-order valence-electron chi connectivity index (χ1n) is 8.29. The minimum absolute atomic E-state index is 0.195. The van der Waals surface area contributed by atoms with Crippen LogP contribution in [0, 0.1) is 0 Å². The van der Waals surface area contributed by atoms with Crippen LogP contribution in [0.4, 0.5) is 10.7 Å². The summed E-state index contributed by atoms with van der Waals surface area (Å²) in [4.78, 5) is 39.7. The molecule has 2 saturated heterocycles. The molecule has 0 aliphatic carbocycles. The molecule has 0 spiro atoms. The highest BCUT2D eigenvalue weighted by Crippen LogP contribution is 2.34. The summed E-state index contributed by atoms with van der Waals surface area (Å²) >= 11 is 0.799. The van der Waals surface area contributed by atoms with E-state index in [0.717, 1.165) is 48.5 Å². The number of ether oxygens (including phenoxy) is 1. The number of furan rings is 1. The maximum absolute atomic E-state index is 12.5. The number of imide groups is 1. The average molecular weight is 364 g/mol. The molecule has 1 atom stereocenters. The van der Waals surface area contributed by atoms with Gasteiger partial charge in [-0.05, 0) is 44.5 Å². The number of anilines is 1. The predicted octanol–water partition coefficient (Wildman–Crippen LogP) is 2.87. The molecule has 0 bridgehead atoms. The fraction of sp³-hybridized carbons (Fsp3) is 0.471. The van der Waals surface area contributed by atoms with Gasteiger partial charge in [-0.25, -0.2) is 4.79 Å². The second-order valence-electron chi connectivity index (χ2n) is 5.85. The van der Waals surface area contributed by atoms with Crippen LogP contribution in [0.5, 0.6) is 0 Å². The number of hydrogen-bond acceptors (Lipinski definition) is 7. The van der Waals surface area contributed by atoms with Gasteiger partial charge in [0.05, 0.1) is 11.5 Å². The molecule has 134 valence electrons. The Morgan fingerprint density at radius 1 is 1.36 bits per heavy atom. The molecule has 0 saturated carbocycles. The van der Waals surface area contributed by atoms with E-state index in [2.05, 4.69) is 4.90 Å². The van der Waals surface area contributed by atoms with Crippen LogP contribution in [-0.2, 0) is 14.3 Å². The minimum atomic E-state index is -0.949. The van der Waals surface area contributed by atoms with Crippen LogP contribution in [0.3, 0.4) is 0 Å². The number of rotatable bonds is 5. The molecule has 1 aromatic rings. The molecule has 1 aromatic heterocycles. The van der Waals surface area contributed by atoms with Crippen molar-refractivity contribution < 1.29 is 23.5 Å². The van der Waals surface area contributed by atoms with Gasteiger partial charge in [-0.2, -0.15) is 0 Å². The van der Waals surface area contributed by atoms with Crippen molar-refractivity contribution in [3.8, 4) is 0 Å². The molecular weight excluding hydrogens is 344 g/mol. The van der Waals surface area contributed by atoms with Crippen molar-refractivity contribution in [1.82, 2.24) is 4.90 Å². The summed E-state index contributed by atoms with van der Waals surface area (Å²) in [5.41, 5.74) is 0. The van der Waals surface area contributed by atoms with Crippen LogP contribution in [0.1, 0.15) is 32.4 Å². The highest BCUT2D eigenvalue weighted by molar-refractivity contribution is 8.18. The zero-order chi connectivity index (χ0) is 18.0. The molecule has 0 radical (unpaired) electrons. The third-order valence-corrected chi connectivity index (χ3v) is 5.03. The molecule has 2 fully saturated rings. The van der Waals surface area contributed by atoms with E-state index in [4.69, 9.17) is 9.15 Å². The Morgan fingerprint density at radius 3 is 2.76 bits per heavy atom. The van der Waals surface area contributed by atoms with E-state index < -0.39 is 23.2 Å². The summed E-state index contributed by atoms with van der Waals surface area (Å²) in [5, 5.41) is -0.483. The van der Waals surface area contributed by atoms with Crippen molar-refractivity contribution in [1.29, 1.82) is 0 Å². The maximum atomic E-state index is 12.5. The number of hydrogen-bond donors (Lipinski definition) is 0. The number of thioether (sulfide) groups is 1. The molecule has 2 aliphatic rings. The minimum Gasteiger partial charge on any atom is -0.464 e. The van der Waals surface area contributed by atoms with Gasteiger partial charge in [0.2, 0.25) is 0 Å². The van der Waals surface area contributed by atoms with E-state index in [9.17, 15) is 14.4 Å². The predicted molar refractivity (Wildman–Crippen MR) is 94.1 cm³/mol. The van der Waals surface area contributed by atoms with Gasteiger partial charge < -0.3 is 14.1 Å². The van der Waals surface area contributed by atoms with Crippen molar-refractivity contribution in [3.05, 3.63) is 22.8 Å². The van der Waals surface area contributed by atoms with E-state index in [-0.39, 0.29) is 11.5 Å². The van der Waals surface area contributed by atoms with Crippen molar-refractivity contribution in [3.63, 3.8) is 0 Å². The average Bonchev–Trinajstić information content (AvgIpc) is 3.29. The first kappa shape index (κ1) is 17.6. The van der Waals surface area contributed by atoms with Gasteiger partial charge in [-0.1, -0.05) is 0 Å². The van der Waals surface area contributed by atoms with Crippen LogP contribution < -0.4 is 4.90 Å². The van der Waals surface area contributed by atoms with Crippen LogP contribution in [0.2, 0.25) is 0 Å². The number of esters is 1. The molecule has 0 unspecified atom stereocenters. The van der Waals surface area contributed by atoms with Gasteiger partial charge >= 0.3 is 5.97 Å².